The summed E-state index contributed by atoms with van der Waals surface area (Å²) >= 11 is 1.08. The van der Waals surface area contributed by atoms with Crippen LogP contribution in [0.5, 0.6) is 0 Å². The quantitative estimate of drug-likeness (QED) is 0.593. The van der Waals surface area contributed by atoms with E-state index in [1.54, 1.807) is 15.5 Å². The van der Waals surface area contributed by atoms with E-state index in [1.165, 1.54) is 6.07 Å². The lowest BCUT2D eigenvalue weighted by Gasteiger charge is -2.40. The summed E-state index contributed by atoms with van der Waals surface area (Å²) in [6.07, 6.45) is 3.14. The van der Waals surface area contributed by atoms with Crippen LogP contribution in [-0.4, -0.2) is 62.5 Å². The SMILES string of the molecule is Cc1cn2cc(NC(=O)c3sc(N4CCN(C(=O)OC(C)(C)C)C(C)C4)cc3F)nc2c(C)n1. The number of ether oxygens (including phenoxy) is 1. The second-order valence-corrected chi connectivity index (χ2v) is 10.5. The van der Waals surface area contributed by atoms with Gasteiger partial charge in [0.05, 0.1) is 22.6 Å². The molecule has 1 aliphatic rings. The normalized spacial score (nSPS) is 16.7. The summed E-state index contributed by atoms with van der Waals surface area (Å²) in [6, 6.07) is 1.25. The number of anilines is 2. The Labute approximate surface area is 201 Å². The average Bonchev–Trinajstić information content (AvgIpc) is 3.29. The first-order chi connectivity index (χ1) is 15.9. The molecule has 4 heterocycles. The number of carbonyl (C=O) groups excluding carboxylic acids is 2. The van der Waals surface area contributed by atoms with Crippen molar-refractivity contribution >= 4 is 39.8 Å². The van der Waals surface area contributed by atoms with Gasteiger partial charge in [0.2, 0.25) is 0 Å². The third kappa shape index (κ3) is 4.98. The van der Waals surface area contributed by atoms with Crippen molar-refractivity contribution in [1.82, 2.24) is 19.3 Å². The van der Waals surface area contributed by atoms with Crippen LogP contribution in [0, 0.1) is 19.7 Å². The lowest BCUT2D eigenvalue weighted by Crippen LogP contribution is -2.55. The van der Waals surface area contributed by atoms with E-state index in [4.69, 9.17) is 4.74 Å². The van der Waals surface area contributed by atoms with Crippen LogP contribution >= 0.6 is 11.3 Å². The fraction of sp³-hybridized carbons (Fsp3) is 0.478. The number of piperazine rings is 1. The molecule has 0 radical (unpaired) electrons. The van der Waals surface area contributed by atoms with Gasteiger partial charge in [0.25, 0.3) is 5.91 Å². The fourth-order valence-corrected chi connectivity index (χ4v) is 4.92. The van der Waals surface area contributed by atoms with Gasteiger partial charge in [-0.15, -0.1) is 11.3 Å². The lowest BCUT2D eigenvalue weighted by molar-refractivity contribution is 0.0159. The van der Waals surface area contributed by atoms with Crippen molar-refractivity contribution in [3.05, 3.63) is 40.5 Å². The average molecular weight is 489 g/mol. The zero-order chi connectivity index (χ0) is 24.8. The maximum Gasteiger partial charge on any atom is 0.410 e. The van der Waals surface area contributed by atoms with Crippen molar-refractivity contribution in [2.24, 2.45) is 0 Å². The molecular weight excluding hydrogens is 459 g/mol. The zero-order valence-electron chi connectivity index (χ0n) is 20.2. The molecule has 34 heavy (non-hydrogen) atoms. The Morgan fingerprint density at radius 1 is 1.21 bits per heavy atom. The number of imidazole rings is 1. The number of rotatable bonds is 3. The van der Waals surface area contributed by atoms with E-state index in [2.05, 4.69) is 15.3 Å². The van der Waals surface area contributed by atoms with Gasteiger partial charge < -0.3 is 24.3 Å². The van der Waals surface area contributed by atoms with Gasteiger partial charge in [0, 0.05) is 37.9 Å². The van der Waals surface area contributed by atoms with Crippen LogP contribution < -0.4 is 10.2 Å². The number of halogens is 1. The third-order valence-corrected chi connectivity index (χ3v) is 6.58. The Hall–Kier alpha value is -3.21. The van der Waals surface area contributed by atoms with Crippen LogP contribution in [0.15, 0.2) is 18.5 Å². The summed E-state index contributed by atoms with van der Waals surface area (Å²) in [4.78, 5) is 37.7. The number of hydrogen-bond donors (Lipinski definition) is 1. The predicted octanol–water partition coefficient (Wildman–Crippen LogP) is 4.24. The maximum atomic E-state index is 14.7. The summed E-state index contributed by atoms with van der Waals surface area (Å²) < 4.78 is 22.0. The van der Waals surface area contributed by atoms with Crippen LogP contribution in [0.1, 0.15) is 48.8 Å². The van der Waals surface area contributed by atoms with Gasteiger partial charge in [-0.3, -0.25) is 9.78 Å². The molecule has 0 spiro atoms. The van der Waals surface area contributed by atoms with E-state index in [0.717, 1.165) is 22.7 Å². The van der Waals surface area contributed by atoms with E-state index in [9.17, 15) is 14.0 Å². The Balaban J connectivity index is 1.45. The van der Waals surface area contributed by atoms with Gasteiger partial charge in [-0.1, -0.05) is 0 Å². The van der Waals surface area contributed by atoms with Crippen LogP contribution in [0.4, 0.5) is 20.0 Å². The molecule has 1 N–H and O–H groups in total. The molecule has 2 amide bonds. The number of carbonyl (C=O) groups is 2. The van der Waals surface area contributed by atoms with Crippen LogP contribution in [0.25, 0.3) is 5.65 Å². The van der Waals surface area contributed by atoms with E-state index in [-0.39, 0.29) is 17.0 Å². The summed E-state index contributed by atoms with van der Waals surface area (Å²) in [5, 5.41) is 3.33. The molecule has 11 heteroatoms. The first-order valence-corrected chi connectivity index (χ1v) is 11.9. The molecule has 0 aromatic carbocycles. The first kappa shape index (κ1) is 23.9. The second-order valence-electron chi connectivity index (χ2n) is 9.51. The molecular formula is C23H29FN6O3S. The zero-order valence-corrected chi connectivity index (χ0v) is 21.0. The number of fused-ring (bicyclic) bond motifs is 1. The molecule has 0 saturated carbocycles. The molecule has 1 saturated heterocycles. The molecule has 1 fully saturated rings. The monoisotopic (exact) mass is 488 g/mol. The summed E-state index contributed by atoms with van der Waals surface area (Å²) in [5.41, 5.74) is 1.63. The summed E-state index contributed by atoms with van der Waals surface area (Å²) in [6.45, 7) is 12.6. The highest BCUT2D eigenvalue weighted by Gasteiger charge is 2.32. The van der Waals surface area contributed by atoms with Gasteiger partial charge in [-0.25, -0.2) is 14.2 Å². The number of hydrogen-bond acceptors (Lipinski definition) is 7. The highest BCUT2D eigenvalue weighted by atomic mass is 32.1. The number of amides is 2. The van der Waals surface area contributed by atoms with Crippen molar-refractivity contribution in [2.75, 3.05) is 29.9 Å². The molecule has 1 unspecified atom stereocenters. The van der Waals surface area contributed by atoms with Gasteiger partial charge in [0.1, 0.15) is 16.3 Å². The molecule has 3 aromatic rings. The van der Waals surface area contributed by atoms with E-state index >= 15 is 0 Å². The van der Waals surface area contributed by atoms with Crippen molar-refractivity contribution < 1.29 is 18.7 Å². The minimum Gasteiger partial charge on any atom is -0.444 e. The smallest absolute Gasteiger partial charge is 0.410 e. The lowest BCUT2D eigenvalue weighted by atomic mass is 10.2. The number of nitrogens with one attached hydrogen (secondary N) is 1. The van der Waals surface area contributed by atoms with Crippen LogP contribution in [-0.2, 0) is 4.74 Å². The molecule has 1 aliphatic heterocycles. The van der Waals surface area contributed by atoms with E-state index in [0.29, 0.717) is 36.1 Å². The number of nitrogens with zero attached hydrogens (tertiary/aromatic N) is 5. The van der Waals surface area contributed by atoms with Crippen molar-refractivity contribution in [3.8, 4) is 0 Å². The fourth-order valence-electron chi connectivity index (χ4n) is 3.95. The van der Waals surface area contributed by atoms with Crippen LogP contribution in [0.3, 0.4) is 0 Å². The topological polar surface area (TPSA) is 92.1 Å². The van der Waals surface area contributed by atoms with E-state index < -0.39 is 17.3 Å². The van der Waals surface area contributed by atoms with Gasteiger partial charge in [0.15, 0.2) is 11.5 Å². The highest BCUT2D eigenvalue weighted by Crippen LogP contribution is 2.32. The molecule has 0 bridgehead atoms. The molecule has 1 atom stereocenters. The second kappa shape index (κ2) is 8.86. The van der Waals surface area contributed by atoms with Gasteiger partial charge >= 0.3 is 6.09 Å². The number of aryl methyl sites for hydroxylation is 2. The van der Waals surface area contributed by atoms with Crippen LogP contribution in [0.2, 0.25) is 0 Å². The predicted molar refractivity (Wildman–Crippen MR) is 129 cm³/mol. The van der Waals surface area contributed by atoms with Crippen molar-refractivity contribution in [2.45, 2.75) is 53.2 Å². The third-order valence-electron chi connectivity index (χ3n) is 5.41. The van der Waals surface area contributed by atoms with Gasteiger partial charge in [-0.2, -0.15) is 0 Å². The standard InChI is InChI=1S/C23H29FN6O3S/c1-13-10-29-12-17(26-20(29)15(3)25-13)27-21(31)19-16(24)9-18(34-19)28-7-8-30(14(2)11-28)22(32)33-23(4,5)6/h9-10,12,14H,7-8,11H2,1-6H3,(H,27,31). The van der Waals surface area contributed by atoms with E-state index in [1.807, 2.05) is 52.6 Å². The summed E-state index contributed by atoms with van der Waals surface area (Å²) in [5.74, 6) is -0.813. The van der Waals surface area contributed by atoms with Crippen molar-refractivity contribution in [1.29, 1.82) is 0 Å². The molecule has 0 aliphatic carbocycles. The van der Waals surface area contributed by atoms with Crippen molar-refractivity contribution in [3.63, 3.8) is 0 Å². The highest BCUT2D eigenvalue weighted by molar-refractivity contribution is 7.18. The Morgan fingerprint density at radius 3 is 2.62 bits per heavy atom. The largest absolute Gasteiger partial charge is 0.444 e. The summed E-state index contributed by atoms with van der Waals surface area (Å²) in [7, 11) is 0. The Kier molecular flexibility index (Phi) is 6.24. The number of thiophene rings is 1. The first-order valence-electron chi connectivity index (χ1n) is 11.1. The minimum absolute atomic E-state index is 0.0136. The Morgan fingerprint density at radius 2 is 1.94 bits per heavy atom. The number of aromatic nitrogens is 3. The van der Waals surface area contributed by atoms with Gasteiger partial charge in [-0.05, 0) is 41.5 Å². The maximum absolute atomic E-state index is 14.7. The molecule has 3 aromatic heterocycles. The minimum atomic E-state index is -0.586. The molecule has 4 rings (SSSR count). The molecule has 182 valence electrons. The Bertz CT molecular complexity index is 1250. The molecule has 9 nitrogen and oxygen atoms in total.